The molecule has 1 aliphatic rings. The molecule has 0 aliphatic heterocycles. The van der Waals surface area contributed by atoms with Gasteiger partial charge in [-0.25, -0.2) is 0 Å². The van der Waals surface area contributed by atoms with Crippen LogP contribution in [-0.4, -0.2) is 18.1 Å². The fourth-order valence-corrected chi connectivity index (χ4v) is 4.10. The summed E-state index contributed by atoms with van der Waals surface area (Å²) in [6.07, 6.45) is 3.81. The molecule has 1 aromatic heterocycles. The van der Waals surface area contributed by atoms with Crippen molar-refractivity contribution in [1.29, 1.82) is 0 Å². The van der Waals surface area contributed by atoms with Gasteiger partial charge in [0.1, 0.15) is 0 Å². The lowest BCUT2D eigenvalue weighted by molar-refractivity contribution is -0.128. The van der Waals surface area contributed by atoms with Crippen molar-refractivity contribution in [3.63, 3.8) is 0 Å². The second-order valence-corrected chi connectivity index (χ2v) is 6.69. The topological polar surface area (TPSA) is 39.2 Å². The zero-order valence-corrected chi connectivity index (χ0v) is 15.8. The Morgan fingerprint density at radius 3 is 1.85 bits per heavy atom. The molecule has 0 bridgehead atoms. The van der Waals surface area contributed by atoms with Crippen molar-refractivity contribution in [2.75, 3.05) is 6.61 Å². The summed E-state index contributed by atoms with van der Waals surface area (Å²) in [4.78, 5) is 13.4. The van der Waals surface area contributed by atoms with Gasteiger partial charge >= 0.3 is 0 Å². The minimum Gasteiger partial charge on any atom is -0.468 e. The Morgan fingerprint density at radius 1 is 0.852 bits per heavy atom. The molecular formula is C24H25NO2. The van der Waals surface area contributed by atoms with Crippen LogP contribution in [0, 0.1) is 5.92 Å². The highest BCUT2D eigenvalue weighted by atomic mass is 16.5. The fraction of sp³-hybridized carbons (Fsp3) is 0.250. The van der Waals surface area contributed by atoms with Gasteiger partial charge < -0.3 is 4.74 Å². The van der Waals surface area contributed by atoms with Crippen LogP contribution in [0.4, 0.5) is 0 Å². The van der Waals surface area contributed by atoms with E-state index >= 15 is 0 Å². The summed E-state index contributed by atoms with van der Waals surface area (Å²) in [6, 6.07) is 24.1. The molecule has 0 saturated carbocycles. The Hall–Kier alpha value is -2.94. The first-order valence-electron chi connectivity index (χ1n) is 9.36. The van der Waals surface area contributed by atoms with Crippen LogP contribution in [0.1, 0.15) is 47.9 Å². The van der Waals surface area contributed by atoms with E-state index < -0.39 is 0 Å². The summed E-state index contributed by atoms with van der Waals surface area (Å²) in [5.41, 5.74) is 5.73. The van der Waals surface area contributed by atoms with Crippen LogP contribution in [0.5, 0.6) is 0 Å². The summed E-state index contributed by atoms with van der Waals surface area (Å²) in [7, 11) is 0. The van der Waals surface area contributed by atoms with Crippen molar-refractivity contribution in [3.05, 3.63) is 101 Å². The van der Waals surface area contributed by atoms with Gasteiger partial charge in [-0.05, 0) is 47.2 Å². The molecule has 3 atom stereocenters. The van der Waals surface area contributed by atoms with Crippen LogP contribution in [0.2, 0.25) is 0 Å². The summed E-state index contributed by atoms with van der Waals surface area (Å²) >= 11 is 0. The first kappa shape index (κ1) is 18.8. The van der Waals surface area contributed by atoms with E-state index in [1.165, 1.54) is 22.3 Å². The van der Waals surface area contributed by atoms with Gasteiger partial charge in [-0.1, -0.05) is 61.5 Å². The molecule has 27 heavy (non-hydrogen) atoms. The van der Waals surface area contributed by atoms with E-state index in [4.69, 9.17) is 0 Å². The van der Waals surface area contributed by atoms with E-state index in [2.05, 4.69) is 83.4 Å². The Kier molecular flexibility index (Phi) is 6.37. The monoisotopic (exact) mass is 359 g/mol. The molecule has 1 heterocycles. The van der Waals surface area contributed by atoms with Crippen LogP contribution >= 0.6 is 0 Å². The Labute approximate surface area is 161 Å². The van der Waals surface area contributed by atoms with Crippen LogP contribution in [0.25, 0.3) is 0 Å². The average Bonchev–Trinajstić information content (AvgIpc) is 3.02. The molecule has 0 fully saturated rings. The SMILES string of the molecule is CC1C(c2ccccc2)c2ccccc2C1c1ccncc1.CCOC=O. The lowest BCUT2D eigenvalue weighted by Crippen LogP contribution is -2.11. The molecule has 3 nitrogen and oxygen atoms in total. The average molecular weight is 359 g/mol. The summed E-state index contributed by atoms with van der Waals surface area (Å²) in [6.45, 7) is 5.04. The molecule has 0 saturated heterocycles. The first-order valence-corrected chi connectivity index (χ1v) is 9.36. The van der Waals surface area contributed by atoms with Gasteiger partial charge in [0.25, 0.3) is 6.47 Å². The number of nitrogens with zero attached hydrogens (tertiary/aromatic N) is 1. The van der Waals surface area contributed by atoms with Crippen LogP contribution in [0.3, 0.4) is 0 Å². The van der Waals surface area contributed by atoms with Gasteiger partial charge in [-0.15, -0.1) is 0 Å². The largest absolute Gasteiger partial charge is 0.468 e. The van der Waals surface area contributed by atoms with Gasteiger partial charge in [0, 0.05) is 24.2 Å². The Morgan fingerprint density at radius 2 is 1.37 bits per heavy atom. The third-order valence-electron chi connectivity index (χ3n) is 5.18. The Balaban J connectivity index is 0.000000376. The summed E-state index contributed by atoms with van der Waals surface area (Å²) in [5, 5.41) is 0. The highest BCUT2D eigenvalue weighted by molar-refractivity contribution is 5.50. The fourth-order valence-electron chi connectivity index (χ4n) is 4.10. The number of ether oxygens (including phenoxy) is 1. The third kappa shape index (κ3) is 4.08. The van der Waals surface area contributed by atoms with E-state index in [1.54, 1.807) is 6.92 Å². The molecular weight excluding hydrogens is 334 g/mol. The number of aromatic nitrogens is 1. The molecule has 3 aromatic rings. The van der Waals surface area contributed by atoms with E-state index in [-0.39, 0.29) is 0 Å². The molecule has 3 heteroatoms. The predicted molar refractivity (Wildman–Crippen MR) is 108 cm³/mol. The molecule has 0 amide bonds. The van der Waals surface area contributed by atoms with Crippen molar-refractivity contribution in [2.45, 2.75) is 25.7 Å². The van der Waals surface area contributed by atoms with Gasteiger partial charge in [0.2, 0.25) is 0 Å². The first-order chi connectivity index (χ1) is 13.3. The predicted octanol–water partition coefficient (Wildman–Crippen LogP) is 5.17. The van der Waals surface area contributed by atoms with Gasteiger partial charge in [0.05, 0.1) is 6.61 Å². The van der Waals surface area contributed by atoms with Crippen molar-refractivity contribution in [2.24, 2.45) is 5.92 Å². The zero-order chi connectivity index (χ0) is 19.1. The molecule has 4 rings (SSSR count). The van der Waals surface area contributed by atoms with Crippen LogP contribution < -0.4 is 0 Å². The maximum atomic E-state index is 9.18. The molecule has 0 spiro atoms. The molecule has 3 unspecified atom stereocenters. The molecule has 138 valence electrons. The maximum Gasteiger partial charge on any atom is 0.293 e. The lowest BCUT2D eigenvalue weighted by Gasteiger charge is -2.22. The van der Waals surface area contributed by atoms with Gasteiger partial charge in [0.15, 0.2) is 0 Å². The second-order valence-electron chi connectivity index (χ2n) is 6.69. The quantitative estimate of drug-likeness (QED) is 0.603. The molecule has 0 N–H and O–H groups in total. The lowest BCUT2D eigenvalue weighted by atomic mass is 9.81. The van der Waals surface area contributed by atoms with Crippen molar-refractivity contribution >= 4 is 6.47 Å². The van der Waals surface area contributed by atoms with Gasteiger partial charge in [-0.3, -0.25) is 9.78 Å². The standard InChI is InChI=1S/C21H19N.C3H6O2/c1-15-20(16-7-3-2-4-8-16)18-9-5-6-10-19(18)21(15)17-11-13-22-14-12-17;1-2-5-3-4/h2-15,20-21H,1H3;3H,2H2,1H3. The van der Waals surface area contributed by atoms with E-state index in [0.717, 1.165) is 0 Å². The number of carbonyl (C=O) groups excluding carboxylic acids is 1. The number of benzene rings is 2. The minimum atomic E-state index is 0.431. The van der Waals surface area contributed by atoms with Crippen molar-refractivity contribution < 1.29 is 9.53 Å². The highest BCUT2D eigenvalue weighted by Gasteiger charge is 2.38. The number of carbonyl (C=O) groups is 1. The molecule has 1 aliphatic carbocycles. The third-order valence-corrected chi connectivity index (χ3v) is 5.18. The van der Waals surface area contributed by atoms with Crippen molar-refractivity contribution in [3.8, 4) is 0 Å². The zero-order valence-electron chi connectivity index (χ0n) is 15.8. The normalized spacial score (nSPS) is 20.1. The van der Waals surface area contributed by atoms with E-state index in [9.17, 15) is 4.79 Å². The Bertz CT molecular complexity index is 782. The number of fused-ring (bicyclic) bond motifs is 1. The molecule has 0 radical (unpaired) electrons. The van der Waals surface area contributed by atoms with E-state index in [1.807, 2.05) is 12.4 Å². The maximum absolute atomic E-state index is 9.18. The van der Waals surface area contributed by atoms with E-state index in [0.29, 0.717) is 30.8 Å². The summed E-state index contributed by atoms with van der Waals surface area (Å²) in [5.74, 6) is 1.46. The highest BCUT2D eigenvalue weighted by Crippen LogP contribution is 2.51. The van der Waals surface area contributed by atoms with Crippen molar-refractivity contribution in [1.82, 2.24) is 4.98 Å². The number of hydrogen-bond acceptors (Lipinski definition) is 3. The minimum absolute atomic E-state index is 0.431. The second kappa shape index (κ2) is 9.13. The molecule has 2 aromatic carbocycles. The number of hydrogen-bond donors (Lipinski definition) is 0. The van der Waals surface area contributed by atoms with Gasteiger partial charge in [-0.2, -0.15) is 0 Å². The van der Waals surface area contributed by atoms with Crippen LogP contribution in [0.15, 0.2) is 79.1 Å². The smallest absolute Gasteiger partial charge is 0.293 e. The summed E-state index contributed by atoms with van der Waals surface area (Å²) < 4.78 is 4.15. The number of rotatable bonds is 4. The van der Waals surface area contributed by atoms with Crippen LogP contribution in [-0.2, 0) is 9.53 Å². The number of pyridine rings is 1.